The fourth-order valence-corrected chi connectivity index (χ4v) is 1.95. The summed E-state index contributed by atoms with van der Waals surface area (Å²) >= 11 is 5.63. The topological polar surface area (TPSA) is 49.4 Å². The van der Waals surface area contributed by atoms with Gasteiger partial charge in [0.15, 0.2) is 0 Å². The molecule has 18 heavy (non-hydrogen) atoms. The highest BCUT2D eigenvalue weighted by Crippen LogP contribution is 2.22. The molecular weight excluding hydrogens is 252 g/mol. The minimum absolute atomic E-state index is 0.151. The molecule has 1 fully saturated rings. The van der Waals surface area contributed by atoms with Crippen LogP contribution in [0.2, 0.25) is 0 Å². The van der Waals surface area contributed by atoms with Crippen LogP contribution in [0.4, 0.5) is 5.69 Å². The van der Waals surface area contributed by atoms with E-state index in [9.17, 15) is 9.59 Å². The van der Waals surface area contributed by atoms with E-state index in [-0.39, 0.29) is 18.2 Å². The van der Waals surface area contributed by atoms with Crippen molar-refractivity contribution < 1.29 is 9.59 Å². The lowest BCUT2D eigenvalue weighted by Crippen LogP contribution is -2.39. The molecule has 2 rings (SSSR count). The molecule has 4 nitrogen and oxygen atoms in total. The van der Waals surface area contributed by atoms with E-state index in [1.54, 1.807) is 24.3 Å². The van der Waals surface area contributed by atoms with Gasteiger partial charge in [-0.25, -0.2) is 4.90 Å². The Morgan fingerprint density at radius 1 is 1.39 bits per heavy atom. The van der Waals surface area contributed by atoms with Gasteiger partial charge in [0.05, 0.1) is 18.2 Å². The SMILES string of the molecule is C=C(Cl)CNC1CC(=O)N(c2ccccc2)C1=O. The quantitative estimate of drug-likeness (QED) is 0.842. The molecule has 1 saturated heterocycles. The Morgan fingerprint density at radius 2 is 2.06 bits per heavy atom. The maximum Gasteiger partial charge on any atom is 0.251 e. The van der Waals surface area contributed by atoms with E-state index >= 15 is 0 Å². The zero-order chi connectivity index (χ0) is 13.1. The summed E-state index contributed by atoms with van der Waals surface area (Å²) in [5.41, 5.74) is 0.599. The molecule has 0 saturated carbocycles. The number of carbonyl (C=O) groups excluding carboxylic acids is 2. The van der Waals surface area contributed by atoms with Crippen LogP contribution < -0.4 is 10.2 Å². The molecule has 1 N–H and O–H groups in total. The summed E-state index contributed by atoms with van der Waals surface area (Å²) in [4.78, 5) is 25.2. The van der Waals surface area contributed by atoms with Crippen molar-refractivity contribution in [3.05, 3.63) is 41.9 Å². The lowest BCUT2D eigenvalue weighted by atomic mass is 10.2. The first-order valence-electron chi connectivity index (χ1n) is 5.58. The predicted molar refractivity (Wildman–Crippen MR) is 70.3 cm³/mol. The van der Waals surface area contributed by atoms with Gasteiger partial charge < -0.3 is 5.32 Å². The molecule has 0 aromatic heterocycles. The number of rotatable bonds is 4. The van der Waals surface area contributed by atoms with Crippen LogP contribution in [-0.4, -0.2) is 24.4 Å². The van der Waals surface area contributed by atoms with Crippen LogP contribution in [0.3, 0.4) is 0 Å². The molecule has 1 aliphatic heterocycles. The minimum atomic E-state index is -0.520. The molecule has 1 aliphatic rings. The Hall–Kier alpha value is -1.65. The molecular formula is C13H13ClN2O2. The number of nitrogens with one attached hydrogen (secondary N) is 1. The monoisotopic (exact) mass is 264 g/mol. The van der Waals surface area contributed by atoms with Gasteiger partial charge >= 0.3 is 0 Å². The van der Waals surface area contributed by atoms with Crippen molar-refractivity contribution in [1.82, 2.24) is 5.32 Å². The second-order valence-electron chi connectivity index (χ2n) is 4.06. The third-order valence-electron chi connectivity index (χ3n) is 2.70. The first-order valence-corrected chi connectivity index (χ1v) is 5.96. The number of halogens is 1. The third kappa shape index (κ3) is 2.60. The predicted octanol–water partition coefficient (Wildman–Crippen LogP) is 1.66. The van der Waals surface area contributed by atoms with Crippen LogP contribution in [-0.2, 0) is 9.59 Å². The molecule has 1 unspecified atom stereocenters. The molecule has 2 amide bonds. The zero-order valence-corrected chi connectivity index (χ0v) is 10.5. The third-order valence-corrected chi connectivity index (χ3v) is 2.83. The minimum Gasteiger partial charge on any atom is -0.300 e. The summed E-state index contributed by atoms with van der Waals surface area (Å²) in [5.74, 6) is -0.451. The maximum absolute atomic E-state index is 12.1. The normalized spacial score (nSPS) is 19.4. The summed E-state index contributed by atoms with van der Waals surface area (Å²) in [6.07, 6.45) is 0.151. The second kappa shape index (κ2) is 5.33. The number of para-hydroxylation sites is 1. The van der Waals surface area contributed by atoms with Crippen LogP contribution in [0.25, 0.3) is 0 Å². The van der Waals surface area contributed by atoms with Gasteiger partial charge in [-0.05, 0) is 12.1 Å². The summed E-state index contributed by atoms with van der Waals surface area (Å²) in [6, 6.07) is 8.36. The van der Waals surface area contributed by atoms with Crippen LogP contribution >= 0.6 is 11.6 Å². The van der Waals surface area contributed by atoms with Gasteiger partial charge in [0, 0.05) is 11.6 Å². The van der Waals surface area contributed by atoms with Crippen molar-refractivity contribution in [3.63, 3.8) is 0 Å². The number of hydrogen-bond donors (Lipinski definition) is 1. The van der Waals surface area contributed by atoms with Crippen molar-refractivity contribution in [1.29, 1.82) is 0 Å². The number of amides is 2. The van der Waals surface area contributed by atoms with E-state index in [4.69, 9.17) is 11.6 Å². The molecule has 1 aromatic rings. The zero-order valence-electron chi connectivity index (χ0n) is 9.73. The van der Waals surface area contributed by atoms with Crippen molar-refractivity contribution >= 4 is 29.1 Å². The first-order chi connectivity index (χ1) is 8.59. The van der Waals surface area contributed by atoms with Gasteiger partial charge in [0.2, 0.25) is 5.91 Å². The van der Waals surface area contributed by atoms with Crippen molar-refractivity contribution in [3.8, 4) is 0 Å². The Morgan fingerprint density at radius 3 is 2.67 bits per heavy atom. The van der Waals surface area contributed by atoms with Crippen molar-refractivity contribution in [2.45, 2.75) is 12.5 Å². The Bertz CT molecular complexity index is 487. The molecule has 1 aromatic carbocycles. The van der Waals surface area contributed by atoms with E-state index in [0.29, 0.717) is 17.3 Å². The van der Waals surface area contributed by atoms with Gasteiger partial charge in [-0.2, -0.15) is 0 Å². The number of carbonyl (C=O) groups is 2. The van der Waals surface area contributed by atoms with Gasteiger partial charge in [0.1, 0.15) is 0 Å². The van der Waals surface area contributed by atoms with Gasteiger partial charge in [0.25, 0.3) is 5.91 Å². The highest BCUT2D eigenvalue weighted by molar-refractivity contribution is 6.29. The lowest BCUT2D eigenvalue weighted by molar-refractivity contribution is -0.121. The average Bonchev–Trinajstić information content (AvgIpc) is 2.63. The number of anilines is 1. The highest BCUT2D eigenvalue weighted by Gasteiger charge is 2.39. The maximum atomic E-state index is 12.1. The summed E-state index contributed by atoms with van der Waals surface area (Å²) in [5, 5.41) is 3.33. The Balaban J connectivity index is 2.12. The summed E-state index contributed by atoms with van der Waals surface area (Å²) in [7, 11) is 0. The van der Waals surface area contributed by atoms with Gasteiger partial charge in [-0.1, -0.05) is 36.4 Å². The second-order valence-corrected chi connectivity index (χ2v) is 4.59. The molecule has 1 heterocycles. The summed E-state index contributed by atoms with van der Waals surface area (Å²) in [6.45, 7) is 3.84. The molecule has 94 valence electrons. The highest BCUT2D eigenvalue weighted by atomic mass is 35.5. The largest absolute Gasteiger partial charge is 0.300 e. The number of imide groups is 1. The number of benzene rings is 1. The van der Waals surface area contributed by atoms with E-state index < -0.39 is 6.04 Å². The van der Waals surface area contributed by atoms with Gasteiger partial charge in [-0.3, -0.25) is 9.59 Å². The fourth-order valence-electron chi connectivity index (χ4n) is 1.87. The lowest BCUT2D eigenvalue weighted by Gasteiger charge is -2.15. The van der Waals surface area contributed by atoms with E-state index in [1.165, 1.54) is 4.90 Å². The van der Waals surface area contributed by atoms with E-state index in [1.807, 2.05) is 6.07 Å². The molecule has 5 heteroatoms. The Labute approximate surface area is 110 Å². The van der Waals surface area contributed by atoms with Gasteiger partial charge in [-0.15, -0.1) is 0 Å². The number of hydrogen-bond acceptors (Lipinski definition) is 3. The average molecular weight is 265 g/mol. The standard InChI is InChI=1S/C13H13ClN2O2/c1-9(14)8-15-11-7-12(17)16(13(11)18)10-5-3-2-4-6-10/h2-6,11,15H,1,7-8H2. The van der Waals surface area contributed by atoms with Crippen molar-refractivity contribution in [2.75, 3.05) is 11.4 Å². The van der Waals surface area contributed by atoms with E-state index in [0.717, 1.165) is 0 Å². The van der Waals surface area contributed by atoms with E-state index in [2.05, 4.69) is 11.9 Å². The van der Waals surface area contributed by atoms with Crippen LogP contribution in [0.5, 0.6) is 0 Å². The molecule has 0 spiro atoms. The van der Waals surface area contributed by atoms with Crippen LogP contribution in [0.1, 0.15) is 6.42 Å². The molecule has 0 bridgehead atoms. The molecule has 0 aliphatic carbocycles. The van der Waals surface area contributed by atoms with Crippen LogP contribution in [0.15, 0.2) is 41.9 Å². The molecule has 0 radical (unpaired) electrons. The summed E-state index contributed by atoms with van der Waals surface area (Å²) < 4.78 is 0. The number of nitrogens with zero attached hydrogens (tertiary/aromatic N) is 1. The molecule has 1 atom stereocenters. The van der Waals surface area contributed by atoms with Crippen molar-refractivity contribution in [2.24, 2.45) is 0 Å². The Kier molecular flexibility index (Phi) is 3.79. The fraction of sp³-hybridized carbons (Fsp3) is 0.231. The smallest absolute Gasteiger partial charge is 0.251 e. The first kappa shape index (κ1) is 12.8. The van der Waals surface area contributed by atoms with Crippen LogP contribution in [0, 0.1) is 0 Å².